The first-order valence-corrected chi connectivity index (χ1v) is 7.60. The average Bonchev–Trinajstić information content (AvgIpc) is 2.97. The summed E-state index contributed by atoms with van der Waals surface area (Å²) in [6, 6.07) is 12.9. The Bertz CT molecular complexity index is 703. The van der Waals surface area contributed by atoms with Crippen molar-refractivity contribution in [3.63, 3.8) is 0 Å². The molecule has 1 aliphatic heterocycles. The van der Waals surface area contributed by atoms with E-state index in [2.05, 4.69) is 5.32 Å². The van der Waals surface area contributed by atoms with Gasteiger partial charge >= 0.3 is 0 Å². The van der Waals surface area contributed by atoms with E-state index >= 15 is 0 Å². The number of carbonyl (C=O) groups excluding carboxylic acids is 1. The highest BCUT2D eigenvalue weighted by atomic mass is 35.5. The Kier molecular flexibility index (Phi) is 4.69. The van der Waals surface area contributed by atoms with Gasteiger partial charge in [0.2, 0.25) is 12.7 Å². The topological polar surface area (TPSA) is 50.8 Å². The second kappa shape index (κ2) is 6.89. The third-order valence-electron chi connectivity index (χ3n) is 3.44. The van der Waals surface area contributed by atoms with Crippen molar-refractivity contribution >= 4 is 23.2 Å². The van der Waals surface area contributed by atoms with Gasteiger partial charge in [0.25, 0.3) is 0 Å². The Morgan fingerprint density at radius 2 is 1.91 bits per heavy atom. The molecule has 1 N–H and O–H groups in total. The molecule has 0 atom stereocenters. The van der Waals surface area contributed by atoms with Crippen LogP contribution in [0.2, 0.25) is 5.02 Å². The molecule has 120 valence electrons. The minimum atomic E-state index is -0.0830. The number of amides is 1. The van der Waals surface area contributed by atoms with Crippen LogP contribution < -0.4 is 14.8 Å². The predicted octanol–water partition coefficient (Wildman–Crippen LogP) is 3.14. The molecule has 1 amide bonds. The maximum Gasteiger partial charge on any atom is 0.238 e. The van der Waals surface area contributed by atoms with Gasteiger partial charge in [0.1, 0.15) is 0 Å². The number of fused-ring (bicyclic) bond motifs is 1. The summed E-state index contributed by atoms with van der Waals surface area (Å²) >= 11 is 5.87. The van der Waals surface area contributed by atoms with Crippen LogP contribution in [0.15, 0.2) is 42.5 Å². The molecule has 0 radical (unpaired) electrons. The van der Waals surface area contributed by atoms with Crippen LogP contribution >= 0.6 is 11.6 Å². The summed E-state index contributed by atoms with van der Waals surface area (Å²) in [7, 11) is 1.90. The van der Waals surface area contributed by atoms with Gasteiger partial charge in [0, 0.05) is 23.3 Å². The molecule has 2 aromatic carbocycles. The van der Waals surface area contributed by atoms with Crippen LogP contribution in [0.4, 0.5) is 5.69 Å². The largest absolute Gasteiger partial charge is 0.454 e. The molecular weight excluding hydrogens is 316 g/mol. The van der Waals surface area contributed by atoms with Gasteiger partial charge in [-0.3, -0.25) is 9.69 Å². The fraction of sp³-hybridized carbons (Fsp3) is 0.235. The summed E-state index contributed by atoms with van der Waals surface area (Å²) in [6.45, 7) is 1.18. The molecule has 0 saturated carbocycles. The molecule has 0 saturated heterocycles. The van der Waals surface area contributed by atoms with E-state index in [1.54, 1.807) is 18.2 Å². The molecule has 0 unspecified atom stereocenters. The quantitative estimate of drug-likeness (QED) is 0.914. The highest BCUT2D eigenvalue weighted by molar-refractivity contribution is 6.30. The number of hydrogen-bond donors (Lipinski definition) is 1. The van der Waals surface area contributed by atoms with Gasteiger partial charge in [-0.05, 0) is 36.9 Å². The average molecular weight is 333 g/mol. The Morgan fingerprint density at radius 1 is 1.17 bits per heavy atom. The highest BCUT2D eigenvalue weighted by Crippen LogP contribution is 2.34. The molecule has 5 nitrogen and oxygen atoms in total. The van der Waals surface area contributed by atoms with E-state index < -0.39 is 0 Å². The first-order chi connectivity index (χ1) is 11.1. The van der Waals surface area contributed by atoms with Crippen LogP contribution in [0.3, 0.4) is 0 Å². The molecule has 1 heterocycles. The van der Waals surface area contributed by atoms with Crippen molar-refractivity contribution in [1.82, 2.24) is 4.90 Å². The van der Waals surface area contributed by atoms with E-state index in [1.807, 2.05) is 36.2 Å². The summed E-state index contributed by atoms with van der Waals surface area (Å²) in [6.07, 6.45) is 0. The van der Waals surface area contributed by atoms with Crippen molar-refractivity contribution in [3.8, 4) is 11.5 Å². The molecule has 23 heavy (non-hydrogen) atoms. The van der Waals surface area contributed by atoms with Crippen LogP contribution in [0, 0.1) is 0 Å². The van der Waals surface area contributed by atoms with E-state index in [1.165, 1.54) is 0 Å². The minimum Gasteiger partial charge on any atom is -0.454 e. The summed E-state index contributed by atoms with van der Waals surface area (Å²) < 4.78 is 10.5. The van der Waals surface area contributed by atoms with Crippen LogP contribution in [-0.4, -0.2) is 31.2 Å². The maximum atomic E-state index is 12.1. The summed E-state index contributed by atoms with van der Waals surface area (Å²) in [4.78, 5) is 14.1. The second-order valence-corrected chi connectivity index (χ2v) is 5.85. The molecule has 2 aromatic rings. The van der Waals surface area contributed by atoms with Crippen molar-refractivity contribution in [2.24, 2.45) is 0 Å². The van der Waals surface area contributed by atoms with Gasteiger partial charge in [-0.25, -0.2) is 0 Å². The first-order valence-electron chi connectivity index (χ1n) is 7.22. The number of ether oxygens (including phenoxy) is 2. The van der Waals surface area contributed by atoms with Crippen molar-refractivity contribution < 1.29 is 14.3 Å². The monoisotopic (exact) mass is 332 g/mol. The Balaban J connectivity index is 1.53. The number of benzene rings is 2. The normalized spacial score (nSPS) is 12.5. The Labute approximate surface area is 139 Å². The van der Waals surface area contributed by atoms with Crippen molar-refractivity contribution in [3.05, 3.63) is 53.1 Å². The lowest BCUT2D eigenvalue weighted by molar-refractivity contribution is -0.117. The number of halogens is 1. The number of anilines is 1. The van der Waals surface area contributed by atoms with Gasteiger partial charge < -0.3 is 14.8 Å². The van der Waals surface area contributed by atoms with E-state index in [-0.39, 0.29) is 19.2 Å². The van der Waals surface area contributed by atoms with Crippen LogP contribution in [0.25, 0.3) is 0 Å². The van der Waals surface area contributed by atoms with Gasteiger partial charge in [0.05, 0.1) is 6.54 Å². The first kappa shape index (κ1) is 15.6. The van der Waals surface area contributed by atoms with Crippen LogP contribution in [0.5, 0.6) is 11.5 Å². The molecule has 0 spiro atoms. The molecule has 3 rings (SSSR count). The number of nitrogens with one attached hydrogen (secondary N) is 1. The molecule has 6 heteroatoms. The standard InChI is InChI=1S/C17H17ClN2O3/c1-20(9-12-2-4-13(18)5-3-12)10-17(21)19-14-6-7-15-16(8-14)23-11-22-15/h2-8H,9-11H2,1H3,(H,19,21). The zero-order valence-corrected chi connectivity index (χ0v) is 13.5. The molecule has 0 aliphatic carbocycles. The summed E-state index contributed by atoms with van der Waals surface area (Å²) in [5, 5.41) is 3.57. The molecular formula is C17H17ClN2O3. The predicted molar refractivity (Wildman–Crippen MR) is 89.0 cm³/mol. The lowest BCUT2D eigenvalue weighted by Gasteiger charge is -2.16. The van der Waals surface area contributed by atoms with Crippen molar-refractivity contribution in [2.75, 3.05) is 25.7 Å². The second-order valence-electron chi connectivity index (χ2n) is 5.41. The fourth-order valence-corrected chi connectivity index (χ4v) is 2.50. The lowest BCUT2D eigenvalue weighted by atomic mass is 10.2. The van der Waals surface area contributed by atoms with Crippen molar-refractivity contribution in [1.29, 1.82) is 0 Å². The fourth-order valence-electron chi connectivity index (χ4n) is 2.38. The van der Waals surface area contributed by atoms with Gasteiger partial charge in [-0.2, -0.15) is 0 Å². The number of likely N-dealkylation sites (N-methyl/N-ethyl adjacent to an activating group) is 1. The van der Waals surface area contributed by atoms with Gasteiger partial charge in [-0.1, -0.05) is 23.7 Å². The molecule has 1 aliphatic rings. The van der Waals surface area contributed by atoms with E-state index in [4.69, 9.17) is 21.1 Å². The lowest BCUT2D eigenvalue weighted by Crippen LogP contribution is -2.29. The van der Waals surface area contributed by atoms with Gasteiger partial charge in [0.15, 0.2) is 11.5 Å². The molecule has 0 aromatic heterocycles. The summed E-state index contributed by atoms with van der Waals surface area (Å²) in [5.74, 6) is 1.26. The zero-order chi connectivity index (χ0) is 16.2. The van der Waals surface area contributed by atoms with E-state index in [0.29, 0.717) is 28.8 Å². The Hall–Kier alpha value is -2.24. The third-order valence-corrected chi connectivity index (χ3v) is 3.69. The van der Waals surface area contributed by atoms with Gasteiger partial charge in [-0.15, -0.1) is 0 Å². The van der Waals surface area contributed by atoms with E-state index in [0.717, 1.165) is 5.56 Å². The van der Waals surface area contributed by atoms with E-state index in [9.17, 15) is 4.79 Å². The summed E-state index contributed by atoms with van der Waals surface area (Å²) in [5.41, 5.74) is 1.80. The number of rotatable bonds is 5. The maximum absolute atomic E-state index is 12.1. The van der Waals surface area contributed by atoms with Crippen molar-refractivity contribution in [2.45, 2.75) is 6.54 Å². The smallest absolute Gasteiger partial charge is 0.238 e. The van der Waals surface area contributed by atoms with Crippen LogP contribution in [-0.2, 0) is 11.3 Å². The van der Waals surface area contributed by atoms with Crippen LogP contribution in [0.1, 0.15) is 5.56 Å². The molecule has 0 bridgehead atoms. The Morgan fingerprint density at radius 3 is 2.70 bits per heavy atom. The third kappa shape index (κ3) is 4.15. The number of hydrogen-bond acceptors (Lipinski definition) is 4. The molecule has 0 fully saturated rings. The number of nitrogens with zero attached hydrogens (tertiary/aromatic N) is 1. The highest BCUT2D eigenvalue weighted by Gasteiger charge is 2.14. The zero-order valence-electron chi connectivity index (χ0n) is 12.7. The SMILES string of the molecule is CN(CC(=O)Nc1ccc2c(c1)OCO2)Cc1ccc(Cl)cc1. The number of carbonyl (C=O) groups is 1. The minimum absolute atomic E-state index is 0.0830.